The fraction of sp³-hybridized carbons (Fsp3) is 0.250. The zero-order chi connectivity index (χ0) is 27.1. The zero-order valence-electron chi connectivity index (χ0n) is 21.7. The van der Waals surface area contributed by atoms with E-state index in [0.29, 0.717) is 28.2 Å². The summed E-state index contributed by atoms with van der Waals surface area (Å²) in [6.45, 7) is 5.90. The molecule has 2 amide bonds. The molecular weight excluding hydrogens is 471 g/mol. The minimum atomic E-state index is -0.501. The molecule has 9 heteroatoms. The van der Waals surface area contributed by atoms with E-state index in [0.717, 1.165) is 10.9 Å². The number of carbonyl (C=O) groups is 2. The van der Waals surface area contributed by atoms with Crippen LogP contribution in [0, 0.1) is 12.7 Å². The molecule has 3 aromatic heterocycles. The smallest absolute Gasteiger partial charge is 0.254 e. The highest BCUT2D eigenvalue weighted by Crippen LogP contribution is 2.21. The van der Waals surface area contributed by atoms with Crippen molar-refractivity contribution < 1.29 is 14.0 Å². The Bertz CT molecular complexity index is 1410. The standard InChI is InChI=1S/C26H25FN6O2.C2H6/c1-16-11-19-12-17(7-9-22(19)31-24(16)28)26(35)33(15-23-21(27)5-4-10-29-23)14-20-8-6-18(13-30-20)25(34)32(2)3;1-2/h4-13H,14-15H2,1-3H3,(H2,28,31);1-2H3. The minimum Gasteiger partial charge on any atom is -0.383 e. The lowest BCUT2D eigenvalue weighted by Gasteiger charge is -2.23. The van der Waals surface area contributed by atoms with Gasteiger partial charge in [0, 0.05) is 37.4 Å². The number of nitrogens with two attached hydrogens (primary N) is 1. The van der Waals surface area contributed by atoms with Gasteiger partial charge in [0.1, 0.15) is 11.6 Å². The van der Waals surface area contributed by atoms with E-state index in [1.54, 1.807) is 44.4 Å². The van der Waals surface area contributed by atoms with Crippen LogP contribution in [0.3, 0.4) is 0 Å². The number of carbonyl (C=O) groups excluding carboxylic acids is 2. The summed E-state index contributed by atoms with van der Waals surface area (Å²) in [5.74, 6) is -0.556. The van der Waals surface area contributed by atoms with Crippen molar-refractivity contribution in [3.63, 3.8) is 0 Å². The number of nitrogen functional groups attached to an aromatic ring is 1. The molecule has 0 unspecified atom stereocenters. The number of aryl methyl sites for hydroxylation is 1. The number of benzene rings is 1. The van der Waals surface area contributed by atoms with Crippen molar-refractivity contribution in [1.82, 2.24) is 24.8 Å². The number of pyridine rings is 3. The Morgan fingerprint density at radius 3 is 2.32 bits per heavy atom. The summed E-state index contributed by atoms with van der Waals surface area (Å²) in [6, 6.07) is 13.2. The molecule has 0 aliphatic carbocycles. The van der Waals surface area contributed by atoms with Crippen molar-refractivity contribution in [2.45, 2.75) is 33.9 Å². The maximum absolute atomic E-state index is 14.4. The molecule has 37 heavy (non-hydrogen) atoms. The number of rotatable bonds is 6. The average Bonchev–Trinajstić information content (AvgIpc) is 2.90. The van der Waals surface area contributed by atoms with E-state index in [-0.39, 0.29) is 30.6 Å². The van der Waals surface area contributed by atoms with Crippen LogP contribution in [-0.4, -0.2) is 50.7 Å². The second-order valence-electron chi connectivity index (χ2n) is 8.43. The number of anilines is 1. The van der Waals surface area contributed by atoms with Crippen LogP contribution in [0.1, 0.15) is 51.5 Å². The largest absolute Gasteiger partial charge is 0.383 e. The van der Waals surface area contributed by atoms with Gasteiger partial charge in [-0.05, 0) is 61.0 Å². The monoisotopic (exact) mass is 502 g/mol. The maximum Gasteiger partial charge on any atom is 0.254 e. The van der Waals surface area contributed by atoms with E-state index in [9.17, 15) is 14.0 Å². The van der Waals surface area contributed by atoms with E-state index < -0.39 is 5.82 Å². The number of nitrogens with zero attached hydrogens (tertiary/aromatic N) is 5. The van der Waals surface area contributed by atoms with Gasteiger partial charge < -0.3 is 15.5 Å². The molecule has 2 N–H and O–H groups in total. The highest BCUT2D eigenvalue weighted by atomic mass is 19.1. The molecule has 0 atom stereocenters. The Morgan fingerprint density at radius 2 is 1.68 bits per heavy atom. The van der Waals surface area contributed by atoms with Crippen LogP contribution in [0.5, 0.6) is 0 Å². The number of hydrogen-bond acceptors (Lipinski definition) is 6. The molecule has 0 radical (unpaired) electrons. The fourth-order valence-electron chi connectivity index (χ4n) is 3.63. The van der Waals surface area contributed by atoms with Crippen molar-refractivity contribution in [3.8, 4) is 0 Å². The van der Waals surface area contributed by atoms with E-state index in [1.165, 1.54) is 34.3 Å². The molecular formula is C28H31FN6O2. The summed E-state index contributed by atoms with van der Waals surface area (Å²) >= 11 is 0. The SMILES string of the molecule is CC.Cc1cc2cc(C(=O)N(Cc3ccc(C(=O)N(C)C)cn3)Cc3ncccc3F)ccc2nc1N. The molecule has 0 bridgehead atoms. The first-order valence-corrected chi connectivity index (χ1v) is 11.9. The molecule has 0 aliphatic rings. The quantitative estimate of drug-likeness (QED) is 0.412. The summed E-state index contributed by atoms with van der Waals surface area (Å²) in [6.07, 6.45) is 2.95. The molecule has 0 saturated carbocycles. The number of fused-ring (bicyclic) bond motifs is 1. The van der Waals surface area contributed by atoms with Crippen LogP contribution in [0.2, 0.25) is 0 Å². The zero-order valence-corrected chi connectivity index (χ0v) is 21.7. The third-order valence-corrected chi connectivity index (χ3v) is 5.58. The molecule has 8 nitrogen and oxygen atoms in total. The van der Waals surface area contributed by atoms with E-state index in [1.807, 2.05) is 26.8 Å². The summed E-state index contributed by atoms with van der Waals surface area (Å²) in [5, 5.41) is 0.774. The second-order valence-corrected chi connectivity index (χ2v) is 8.43. The lowest BCUT2D eigenvalue weighted by molar-refractivity contribution is 0.0723. The highest BCUT2D eigenvalue weighted by molar-refractivity contribution is 5.98. The molecule has 1 aromatic carbocycles. The Hall–Kier alpha value is -4.40. The van der Waals surface area contributed by atoms with Gasteiger partial charge in [-0.2, -0.15) is 0 Å². The summed E-state index contributed by atoms with van der Waals surface area (Å²) in [4.78, 5) is 41.5. The van der Waals surface area contributed by atoms with E-state index in [4.69, 9.17) is 5.73 Å². The average molecular weight is 503 g/mol. The Balaban J connectivity index is 0.00000186. The van der Waals surface area contributed by atoms with Gasteiger partial charge in [-0.3, -0.25) is 19.6 Å². The number of aromatic nitrogens is 3. The normalized spacial score (nSPS) is 10.4. The van der Waals surface area contributed by atoms with Gasteiger partial charge >= 0.3 is 0 Å². The first-order valence-electron chi connectivity index (χ1n) is 11.9. The molecule has 4 aromatic rings. The Morgan fingerprint density at radius 1 is 0.946 bits per heavy atom. The van der Waals surface area contributed by atoms with Gasteiger partial charge in [0.05, 0.1) is 35.6 Å². The van der Waals surface area contributed by atoms with Gasteiger partial charge in [-0.15, -0.1) is 0 Å². The third-order valence-electron chi connectivity index (χ3n) is 5.58. The second kappa shape index (κ2) is 12.0. The predicted molar refractivity (Wildman–Crippen MR) is 142 cm³/mol. The summed E-state index contributed by atoms with van der Waals surface area (Å²) in [7, 11) is 3.32. The maximum atomic E-state index is 14.4. The Kier molecular flexibility index (Phi) is 8.84. The minimum absolute atomic E-state index is 0.0530. The molecule has 3 heterocycles. The Labute approximate surface area is 216 Å². The molecule has 0 spiro atoms. The number of hydrogen-bond donors (Lipinski definition) is 1. The van der Waals surface area contributed by atoms with Crippen LogP contribution in [0.25, 0.3) is 10.9 Å². The first kappa shape index (κ1) is 27.2. The van der Waals surface area contributed by atoms with Crippen LogP contribution in [-0.2, 0) is 13.1 Å². The van der Waals surface area contributed by atoms with E-state index >= 15 is 0 Å². The van der Waals surface area contributed by atoms with Crippen molar-refractivity contribution >= 4 is 28.5 Å². The number of halogens is 1. The highest BCUT2D eigenvalue weighted by Gasteiger charge is 2.20. The lowest BCUT2D eigenvalue weighted by Crippen LogP contribution is -2.31. The van der Waals surface area contributed by atoms with Crippen molar-refractivity contribution in [3.05, 3.63) is 94.8 Å². The first-order chi connectivity index (χ1) is 17.7. The molecule has 0 fully saturated rings. The topological polar surface area (TPSA) is 105 Å². The molecule has 0 aliphatic heterocycles. The van der Waals surface area contributed by atoms with E-state index in [2.05, 4.69) is 15.0 Å². The van der Waals surface area contributed by atoms with Gasteiger partial charge in [0.25, 0.3) is 11.8 Å². The van der Waals surface area contributed by atoms with Crippen LogP contribution in [0.4, 0.5) is 10.2 Å². The van der Waals surface area contributed by atoms with Gasteiger partial charge in [-0.25, -0.2) is 9.37 Å². The van der Waals surface area contributed by atoms with Crippen molar-refractivity contribution in [2.75, 3.05) is 19.8 Å². The lowest BCUT2D eigenvalue weighted by atomic mass is 10.1. The molecule has 0 saturated heterocycles. The molecule has 192 valence electrons. The van der Waals surface area contributed by atoms with Gasteiger partial charge in [-0.1, -0.05) is 13.8 Å². The third kappa shape index (κ3) is 6.43. The summed E-state index contributed by atoms with van der Waals surface area (Å²) < 4.78 is 14.4. The van der Waals surface area contributed by atoms with Crippen molar-refractivity contribution in [2.24, 2.45) is 0 Å². The number of amides is 2. The van der Waals surface area contributed by atoms with Crippen LogP contribution < -0.4 is 5.73 Å². The summed E-state index contributed by atoms with van der Waals surface area (Å²) in [5.41, 5.74) is 8.94. The molecule has 4 rings (SSSR count). The predicted octanol–water partition coefficient (Wildman–Crippen LogP) is 4.63. The van der Waals surface area contributed by atoms with Crippen LogP contribution in [0.15, 0.2) is 60.9 Å². The fourth-order valence-corrected chi connectivity index (χ4v) is 3.63. The van der Waals surface area contributed by atoms with Crippen LogP contribution >= 0.6 is 0 Å². The van der Waals surface area contributed by atoms with Crippen molar-refractivity contribution in [1.29, 1.82) is 0 Å². The van der Waals surface area contributed by atoms with Gasteiger partial charge in [0.15, 0.2) is 0 Å². The van der Waals surface area contributed by atoms with Gasteiger partial charge in [0.2, 0.25) is 0 Å².